The molecule has 8 nitrogen and oxygen atoms in total. The highest BCUT2D eigenvalue weighted by Crippen LogP contribution is 2.62. The summed E-state index contributed by atoms with van der Waals surface area (Å²) in [6.07, 6.45) is 0.504. The first-order valence-electron chi connectivity index (χ1n) is 11.4. The van der Waals surface area contributed by atoms with Gasteiger partial charge in [-0.1, -0.05) is 35.5 Å². The molecule has 2 aliphatic heterocycles. The summed E-state index contributed by atoms with van der Waals surface area (Å²) in [4.78, 5) is 44.9. The molecule has 3 aromatic carbocycles. The Morgan fingerprint density at radius 1 is 0.882 bits per heavy atom. The van der Waals surface area contributed by atoms with E-state index in [2.05, 4.69) is 5.16 Å². The molecule has 2 saturated carbocycles. The predicted molar refractivity (Wildman–Crippen MR) is 123 cm³/mol. The van der Waals surface area contributed by atoms with Crippen molar-refractivity contribution in [2.24, 2.45) is 34.7 Å². The van der Waals surface area contributed by atoms with Crippen molar-refractivity contribution >= 4 is 39.7 Å². The van der Waals surface area contributed by atoms with Crippen LogP contribution in [0, 0.1) is 39.7 Å². The molecule has 2 heterocycles. The van der Waals surface area contributed by atoms with E-state index in [1.165, 1.54) is 17.0 Å². The standard InChI is InChI=1S/C26H19N3O5/c30-25-20-18-12-19(24-22(18)23(27-34-24)14-6-8-16(9-7-14)29(32)33)21(20)26(31)28(25)17-10-5-13-3-1-2-4-15(13)11-17/h1-11,18-22,24H,12H2/t18-,19-,20+,21-,22-,24+/m1/s1. The Morgan fingerprint density at radius 3 is 2.32 bits per heavy atom. The Labute approximate surface area is 193 Å². The van der Waals surface area contributed by atoms with Crippen molar-refractivity contribution < 1.29 is 19.3 Å². The predicted octanol–water partition coefficient (Wildman–Crippen LogP) is 3.92. The number of imide groups is 1. The molecule has 4 aliphatic rings. The summed E-state index contributed by atoms with van der Waals surface area (Å²) in [6, 6.07) is 19.8. The number of nitro groups is 1. The van der Waals surface area contributed by atoms with Crippen LogP contribution in [0.15, 0.2) is 71.9 Å². The molecule has 0 aromatic heterocycles. The molecule has 3 fully saturated rings. The zero-order valence-corrected chi connectivity index (χ0v) is 17.9. The molecule has 1 saturated heterocycles. The summed E-state index contributed by atoms with van der Waals surface area (Å²) >= 11 is 0. The Morgan fingerprint density at radius 2 is 1.59 bits per heavy atom. The van der Waals surface area contributed by atoms with Crippen LogP contribution < -0.4 is 4.90 Å². The number of oxime groups is 1. The zero-order valence-electron chi connectivity index (χ0n) is 17.9. The Kier molecular flexibility index (Phi) is 3.84. The lowest BCUT2D eigenvalue weighted by Crippen LogP contribution is -2.41. The molecular weight excluding hydrogens is 434 g/mol. The minimum atomic E-state index is -0.439. The van der Waals surface area contributed by atoms with Crippen LogP contribution in [0.4, 0.5) is 11.4 Å². The van der Waals surface area contributed by atoms with Crippen molar-refractivity contribution in [1.29, 1.82) is 0 Å². The van der Waals surface area contributed by atoms with Gasteiger partial charge in [-0.3, -0.25) is 24.6 Å². The molecule has 0 radical (unpaired) electrons. The molecule has 2 aliphatic carbocycles. The Bertz CT molecular complexity index is 1430. The number of nitro benzene ring substituents is 1. The maximum atomic E-state index is 13.6. The summed E-state index contributed by atoms with van der Waals surface area (Å²) in [7, 11) is 0. The van der Waals surface area contributed by atoms with E-state index in [0.29, 0.717) is 5.69 Å². The van der Waals surface area contributed by atoms with Gasteiger partial charge >= 0.3 is 0 Å². The highest BCUT2D eigenvalue weighted by molar-refractivity contribution is 6.23. The van der Waals surface area contributed by atoms with Gasteiger partial charge in [0.1, 0.15) is 6.10 Å². The molecule has 0 spiro atoms. The number of hydrogen-bond acceptors (Lipinski definition) is 6. The van der Waals surface area contributed by atoms with Gasteiger partial charge in [0.2, 0.25) is 11.8 Å². The number of carbonyl (C=O) groups is 2. The van der Waals surface area contributed by atoms with E-state index in [1.807, 2.05) is 42.5 Å². The lowest BCUT2D eigenvalue weighted by Gasteiger charge is -2.29. The van der Waals surface area contributed by atoms with E-state index in [0.717, 1.165) is 28.5 Å². The molecule has 0 N–H and O–H groups in total. The molecule has 7 rings (SSSR count). The first-order chi connectivity index (χ1) is 16.5. The second-order valence-electron chi connectivity index (χ2n) is 9.53. The number of benzene rings is 3. The van der Waals surface area contributed by atoms with Crippen LogP contribution in [-0.2, 0) is 14.4 Å². The number of fused-ring (bicyclic) bond motifs is 9. The topological polar surface area (TPSA) is 102 Å². The molecule has 3 aromatic rings. The van der Waals surface area contributed by atoms with E-state index in [9.17, 15) is 19.7 Å². The fourth-order valence-electron chi connectivity index (χ4n) is 6.69. The van der Waals surface area contributed by atoms with Gasteiger partial charge in [0.05, 0.1) is 28.2 Å². The molecule has 34 heavy (non-hydrogen) atoms. The van der Waals surface area contributed by atoms with Crippen molar-refractivity contribution in [2.75, 3.05) is 4.90 Å². The van der Waals surface area contributed by atoms with E-state index >= 15 is 0 Å². The van der Waals surface area contributed by atoms with Crippen LogP contribution in [-0.4, -0.2) is 28.6 Å². The van der Waals surface area contributed by atoms with Crippen LogP contribution in [0.1, 0.15) is 12.0 Å². The molecule has 2 bridgehead atoms. The van der Waals surface area contributed by atoms with E-state index in [4.69, 9.17) is 4.84 Å². The normalized spacial score (nSPS) is 30.9. The Balaban J connectivity index is 1.22. The first kappa shape index (κ1) is 19.4. The van der Waals surface area contributed by atoms with Crippen LogP contribution >= 0.6 is 0 Å². The maximum absolute atomic E-state index is 13.6. The largest absolute Gasteiger partial charge is 0.391 e. The van der Waals surface area contributed by atoms with Crippen molar-refractivity contribution in [3.63, 3.8) is 0 Å². The van der Waals surface area contributed by atoms with E-state index < -0.39 is 16.8 Å². The SMILES string of the molecule is O=C1[C@@H]2[C@H]3C[C@@H]([C@@H]4C(c5ccc([N+](=O)[O-])cc5)=NO[C@@H]34)[C@@H]2C(=O)N1c1ccc2ccccc2c1. The highest BCUT2D eigenvalue weighted by Gasteiger charge is 2.70. The number of rotatable bonds is 3. The average molecular weight is 453 g/mol. The van der Waals surface area contributed by atoms with Crippen molar-refractivity contribution in [2.45, 2.75) is 12.5 Å². The first-order valence-corrected chi connectivity index (χ1v) is 11.4. The zero-order chi connectivity index (χ0) is 23.1. The second kappa shape index (κ2) is 6.72. The summed E-state index contributed by atoms with van der Waals surface area (Å²) < 4.78 is 0. The summed E-state index contributed by atoms with van der Waals surface area (Å²) in [6.45, 7) is 0. The third-order valence-electron chi connectivity index (χ3n) is 8.06. The van der Waals surface area contributed by atoms with Gasteiger partial charge in [-0.15, -0.1) is 0 Å². The summed E-state index contributed by atoms with van der Waals surface area (Å²) in [5, 5.41) is 17.3. The lowest BCUT2D eigenvalue weighted by atomic mass is 9.71. The molecule has 168 valence electrons. The van der Waals surface area contributed by atoms with Gasteiger partial charge in [-0.25, -0.2) is 0 Å². The van der Waals surface area contributed by atoms with E-state index in [1.54, 1.807) is 12.1 Å². The minimum absolute atomic E-state index is 0.00964. The van der Waals surface area contributed by atoms with Gasteiger partial charge in [0.25, 0.3) is 5.69 Å². The van der Waals surface area contributed by atoms with Crippen LogP contribution in [0.2, 0.25) is 0 Å². The molecular formula is C26H19N3O5. The van der Waals surface area contributed by atoms with Gasteiger partial charge in [-0.05, 0) is 47.4 Å². The third kappa shape index (κ3) is 2.45. The summed E-state index contributed by atoms with van der Waals surface area (Å²) in [5.74, 6) is -1.29. The number of anilines is 1. The molecule has 0 unspecified atom stereocenters. The van der Waals surface area contributed by atoms with Gasteiger partial charge in [-0.2, -0.15) is 0 Å². The second-order valence-corrected chi connectivity index (χ2v) is 9.53. The number of hydrogen-bond donors (Lipinski definition) is 0. The smallest absolute Gasteiger partial charge is 0.269 e. The van der Waals surface area contributed by atoms with Gasteiger partial charge < -0.3 is 4.84 Å². The van der Waals surface area contributed by atoms with Crippen LogP contribution in [0.25, 0.3) is 10.8 Å². The average Bonchev–Trinajstić information content (AvgIpc) is 3.59. The van der Waals surface area contributed by atoms with Crippen molar-refractivity contribution in [1.82, 2.24) is 0 Å². The summed E-state index contributed by atoms with van der Waals surface area (Å²) in [5.41, 5.74) is 2.09. The van der Waals surface area contributed by atoms with Crippen LogP contribution in [0.3, 0.4) is 0 Å². The van der Waals surface area contributed by atoms with Crippen molar-refractivity contribution in [3.8, 4) is 0 Å². The highest BCUT2D eigenvalue weighted by atomic mass is 16.6. The number of carbonyl (C=O) groups excluding carboxylic acids is 2. The molecule has 2 amide bonds. The molecule has 6 atom stereocenters. The number of nitrogens with zero attached hydrogens (tertiary/aromatic N) is 3. The quantitative estimate of drug-likeness (QED) is 0.340. The minimum Gasteiger partial charge on any atom is -0.391 e. The monoisotopic (exact) mass is 453 g/mol. The van der Waals surface area contributed by atoms with Crippen LogP contribution in [0.5, 0.6) is 0 Å². The third-order valence-corrected chi connectivity index (χ3v) is 8.06. The lowest BCUT2D eigenvalue weighted by molar-refractivity contribution is -0.384. The number of non-ortho nitro benzene ring substituents is 1. The number of amides is 2. The van der Waals surface area contributed by atoms with Gasteiger partial charge in [0.15, 0.2) is 0 Å². The fourth-order valence-corrected chi connectivity index (χ4v) is 6.69. The van der Waals surface area contributed by atoms with Gasteiger partial charge in [0, 0.05) is 29.5 Å². The fraction of sp³-hybridized carbons (Fsp3) is 0.269. The maximum Gasteiger partial charge on any atom is 0.269 e. The van der Waals surface area contributed by atoms with E-state index in [-0.39, 0.29) is 41.4 Å². The Hall–Kier alpha value is -4.07. The molecule has 8 heteroatoms. The van der Waals surface area contributed by atoms with Crippen molar-refractivity contribution in [3.05, 3.63) is 82.4 Å².